The summed E-state index contributed by atoms with van der Waals surface area (Å²) in [5.41, 5.74) is 0.624. The largest absolute Gasteiger partial charge is 0.497 e. The van der Waals surface area contributed by atoms with Crippen molar-refractivity contribution >= 4 is 5.91 Å². The summed E-state index contributed by atoms with van der Waals surface area (Å²) in [6.45, 7) is 3.70. The molecule has 0 radical (unpaired) electrons. The molecule has 0 saturated carbocycles. The van der Waals surface area contributed by atoms with E-state index in [1.807, 2.05) is 29.2 Å². The first-order valence-electron chi connectivity index (χ1n) is 9.27. The van der Waals surface area contributed by atoms with Gasteiger partial charge in [-0.05, 0) is 37.0 Å². The third-order valence-corrected chi connectivity index (χ3v) is 5.21. The van der Waals surface area contributed by atoms with Gasteiger partial charge in [0.15, 0.2) is 5.82 Å². The van der Waals surface area contributed by atoms with Gasteiger partial charge >= 0.3 is 0 Å². The van der Waals surface area contributed by atoms with E-state index in [0.717, 1.165) is 37.1 Å². The van der Waals surface area contributed by atoms with E-state index in [2.05, 4.69) is 10.1 Å². The van der Waals surface area contributed by atoms with Gasteiger partial charge in [-0.25, -0.2) is 0 Å². The van der Waals surface area contributed by atoms with E-state index in [4.69, 9.17) is 14.0 Å². The van der Waals surface area contributed by atoms with E-state index in [1.54, 1.807) is 21.1 Å². The number of rotatable bonds is 7. The molecule has 0 spiro atoms. The van der Waals surface area contributed by atoms with E-state index in [1.165, 1.54) is 0 Å². The third-order valence-electron chi connectivity index (χ3n) is 5.21. The Balaban J connectivity index is 1.76. The van der Waals surface area contributed by atoms with Gasteiger partial charge in [0.2, 0.25) is 11.8 Å². The van der Waals surface area contributed by atoms with Crippen molar-refractivity contribution in [1.29, 1.82) is 0 Å². The normalized spacial score (nSPS) is 19.9. The Morgan fingerprint density at radius 3 is 2.93 bits per heavy atom. The Hall–Kier alpha value is -2.41. The molecule has 1 amide bonds. The molecule has 3 rings (SSSR count). The Morgan fingerprint density at radius 1 is 1.37 bits per heavy atom. The maximum Gasteiger partial charge on any atom is 0.227 e. The summed E-state index contributed by atoms with van der Waals surface area (Å²) in [6.07, 6.45) is 2.92. The fraction of sp³-hybridized carbons (Fsp3) is 0.550. The van der Waals surface area contributed by atoms with Crippen LogP contribution in [0.3, 0.4) is 0 Å². The first kappa shape index (κ1) is 19.4. The summed E-state index contributed by atoms with van der Waals surface area (Å²) in [5.74, 6) is 2.08. The van der Waals surface area contributed by atoms with E-state index in [-0.39, 0.29) is 11.3 Å². The number of hydrogen-bond acceptors (Lipinski definition) is 6. The van der Waals surface area contributed by atoms with Crippen LogP contribution in [-0.2, 0) is 21.4 Å². The first-order chi connectivity index (χ1) is 13.1. The summed E-state index contributed by atoms with van der Waals surface area (Å²) in [5, 5.41) is 4.17. The molecule has 1 saturated heterocycles. The molecule has 0 bridgehead atoms. The van der Waals surface area contributed by atoms with Crippen molar-refractivity contribution in [2.45, 2.75) is 38.0 Å². The maximum absolute atomic E-state index is 13.0. The monoisotopic (exact) mass is 373 g/mol. The minimum absolute atomic E-state index is 0.102. The highest BCUT2D eigenvalue weighted by Crippen LogP contribution is 2.36. The van der Waals surface area contributed by atoms with Gasteiger partial charge in [0.25, 0.3) is 0 Å². The fourth-order valence-corrected chi connectivity index (χ4v) is 3.72. The van der Waals surface area contributed by atoms with Crippen molar-refractivity contribution in [3.63, 3.8) is 0 Å². The average Bonchev–Trinajstić information content (AvgIpc) is 3.14. The molecule has 146 valence electrons. The maximum atomic E-state index is 13.0. The van der Waals surface area contributed by atoms with Crippen LogP contribution in [0.15, 0.2) is 28.8 Å². The van der Waals surface area contributed by atoms with Crippen molar-refractivity contribution in [2.24, 2.45) is 0 Å². The van der Waals surface area contributed by atoms with Gasteiger partial charge in [-0.15, -0.1) is 0 Å². The second-order valence-corrected chi connectivity index (χ2v) is 7.11. The molecule has 7 nitrogen and oxygen atoms in total. The standard InChI is InChI=1S/C20H27N3O4/c1-15-21-19(22-27-15)20(9-11-25-2)8-5-10-23(14-20)18(24)13-16-6-4-7-17(12-16)26-3/h4,6-7,12H,5,8-11,13-14H2,1-3H3. The predicted molar refractivity (Wildman–Crippen MR) is 99.7 cm³/mol. The molecule has 2 aromatic rings. The van der Waals surface area contributed by atoms with E-state index >= 15 is 0 Å². The third kappa shape index (κ3) is 4.47. The average molecular weight is 373 g/mol. The first-order valence-corrected chi connectivity index (χ1v) is 9.27. The summed E-state index contributed by atoms with van der Waals surface area (Å²) >= 11 is 0. The number of carbonyl (C=O) groups excluding carboxylic acids is 1. The zero-order valence-electron chi connectivity index (χ0n) is 16.2. The number of ether oxygens (including phenoxy) is 2. The Labute approximate surface area is 159 Å². The highest BCUT2D eigenvalue weighted by molar-refractivity contribution is 5.79. The number of likely N-dealkylation sites (tertiary alicyclic amines) is 1. The number of aryl methyl sites for hydroxylation is 1. The van der Waals surface area contributed by atoms with Crippen LogP contribution in [0.2, 0.25) is 0 Å². The molecule has 1 aromatic carbocycles. The molecule has 7 heteroatoms. The van der Waals surface area contributed by atoms with Gasteiger partial charge in [0.05, 0.1) is 18.9 Å². The van der Waals surface area contributed by atoms with Crippen molar-refractivity contribution in [2.75, 3.05) is 33.9 Å². The highest BCUT2D eigenvalue weighted by atomic mass is 16.5. The number of hydrogen-bond donors (Lipinski definition) is 0. The number of piperidine rings is 1. The lowest BCUT2D eigenvalue weighted by Gasteiger charge is -2.41. The van der Waals surface area contributed by atoms with Crippen molar-refractivity contribution in [3.05, 3.63) is 41.5 Å². The number of amides is 1. The van der Waals surface area contributed by atoms with Gasteiger partial charge in [0.1, 0.15) is 5.75 Å². The molecular weight excluding hydrogens is 346 g/mol. The Kier molecular flexibility index (Phi) is 6.11. The minimum Gasteiger partial charge on any atom is -0.497 e. The number of benzene rings is 1. The van der Waals surface area contributed by atoms with E-state index in [0.29, 0.717) is 31.3 Å². The fourth-order valence-electron chi connectivity index (χ4n) is 3.72. The number of nitrogens with zero attached hydrogens (tertiary/aromatic N) is 3. The molecule has 0 aliphatic carbocycles. The molecule has 27 heavy (non-hydrogen) atoms. The van der Waals surface area contributed by atoms with Crippen LogP contribution in [0, 0.1) is 6.92 Å². The zero-order valence-corrected chi connectivity index (χ0v) is 16.2. The van der Waals surface area contributed by atoms with Gasteiger partial charge < -0.3 is 18.9 Å². The summed E-state index contributed by atoms with van der Waals surface area (Å²) in [4.78, 5) is 19.3. The lowest BCUT2D eigenvalue weighted by atomic mass is 9.76. The summed E-state index contributed by atoms with van der Waals surface area (Å²) in [6, 6.07) is 7.64. The van der Waals surface area contributed by atoms with Crippen LogP contribution in [0.25, 0.3) is 0 Å². The smallest absolute Gasteiger partial charge is 0.227 e. The summed E-state index contributed by atoms with van der Waals surface area (Å²) in [7, 11) is 3.31. The number of aromatic nitrogens is 2. The highest BCUT2D eigenvalue weighted by Gasteiger charge is 2.42. The summed E-state index contributed by atoms with van der Waals surface area (Å²) < 4.78 is 15.8. The van der Waals surface area contributed by atoms with Crippen LogP contribution in [-0.4, -0.2) is 54.9 Å². The number of carbonyl (C=O) groups is 1. The van der Waals surface area contributed by atoms with Gasteiger partial charge in [0, 0.05) is 33.7 Å². The molecule has 2 heterocycles. The molecule has 1 unspecified atom stereocenters. The molecule has 1 aromatic heterocycles. The van der Waals surface area contributed by atoms with Crippen molar-refractivity contribution < 1.29 is 18.8 Å². The van der Waals surface area contributed by atoms with Crippen molar-refractivity contribution in [1.82, 2.24) is 15.0 Å². The van der Waals surface area contributed by atoms with E-state index in [9.17, 15) is 4.79 Å². The minimum atomic E-state index is -0.323. The molecule has 1 aliphatic rings. The zero-order chi connectivity index (χ0) is 19.3. The van der Waals surface area contributed by atoms with E-state index < -0.39 is 0 Å². The number of methoxy groups -OCH3 is 2. The predicted octanol–water partition coefficient (Wildman–Crippen LogP) is 2.53. The lowest BCUT2D eigenvalue weighted by molar-refractivity contribution is -0.133. The van der Waals surface area contributed by atoms with Crippen LogP contribution >= 0.6 is 0 Å². The van der Waals surface area contributed by atoms with Gasteiger partial charge in [-0.3, -0.25) is 4.79 Å². The molecular formula is C20H27N3O4. The quantitative estimate of drug-likeness (QED) is 0.742. The Morgan fingerprint density at radius 2 is 2.22 bits per heavy atom. The van der Waals surface area contributed by atoms with Crippen LogP contribution in [0.4, 0.5) is 0 Å². The van der Waals surface area contributed by atoms with Crippen LogP contribution in [0.5, 0.6) is 5.75 Å². The Bertz CT molecular complexity index is 776. The van der Waals surface area contributed by atoms with Crippen LogP contribution < -0.4 is 4.74 Å². The molecule has 1 aliphatic heterocycles. The van der Waals surface area contributed by atoms with Gasteiger partial charge in [-0.1, -0.05) is 17.3 Å². The molecule has 1 fully saturated rings. The second-order valence-electron chi connectivity index (χ2n) is 7.11. The van der Waals surface area contributed by atoms with Gasteiger partial charge in [-0.2, -0.15) is 4.98 Å². The lowest BCUT2D eigenvalue weighted by Crippen LogP contribution is -2.50. The van der Waals surface area contributed by atoms with Crippen LogP contribution in [0.1, 0.15) is 36.5 Å². The topological polar surface area (TPSA) is 77.7 Å². The van der Waals surface area contributed by atoms with Crippen molar-refractivity contribution in [3.8, 4) is 5.75 Å². The SMILES string of the molecule is COCCC1(c2noc(C)n2)CCCN(C(=O)Cc2cccc(OC)c2)C1. The molecule has 0 N–H and O–H groups in total. The second kappa shape index (κ2) is 8.52. The molecule has 1 atom stereocenters.